The Kier molecular flexibility index (Phi) is 4.53. The molecule has 0 bridgehead atoms. The summed E-state index contributed by atoms with van der Waals surface area (Å²) in [5, 5.41) is 2.42. The SMILES string of the molecule is CO[N+](=O)c1cc(C(=O)N2CCN3C(=O)c4ccncc4C23c2ccc(Cl)cc2)cs1. The fourth-order valence-corrected chi connectivity index (χ4v) is 5.29. The second kappa shape index (κ2) is 7.14. The number of benzene rings is 1. The molecule has 3 aromatic rings. The zero-order chi connectivity index (χ0) is 21.8. The molecule has 0 saturated carbocycles. The Bertz CT molecular complexity index is 1230. The molecule has 0 radical (unpaired) electrons. The maximum Gasteiger partial charge on any atom is 0.372 e. The van der Waals surface area contributed by atoms with Crippen molar-refractivity contribution in [2.24, 2.45) is 0 Å². The number of hydrogen-bond donors (Lipinski definition) is 0. The standard InChI is InChI=1S/C21H16ClN4O4S/c1-30-26(29)18-10-13(12-31-18)19(27)24-8-9-25-20(28)16-6-7-23-11-17(16)21(24,25)14-2-4-15(22)5-3-14/h2-7,10-12H,8-9H2,1H3/q+1. The number of nitrogens with zero attached hydrogens (tertiary/aromatic N) is 4. The molecule has 1 atom stereocenters. The van der Waals surface area contributed by atoms with Crippen LogP contribution in [0.25, 0.3) is 0 Å². The number of pyridine rings is 1. The summed E-state index contributed by atoms with van der Waals surface area (Å²) in [6, 6.07) is 10.3. The summed E-state index contributed by atoms with van der Waals surface area (Å²) in [6.07, 6.45) is 3.20. The minimum atomic E-state index is -1.14. The third-order valence-electron chi connectivity index (χ3n) is 5.67. The number of thiophene rings is 1. The molecule has 1 fully saturated rings. The molecular weight excluding hydrogens is 440 g/mol. The molecule has 1 aromatic carbocycles. The zero-order valence-electron chi connectivity index (χ0n) is 16.3. The van der Waals surface area contributed by atoms with E-state index in [1.165, 1.54) is 13.2 Å². The van der Waals surface area contributed by atoms with E-state index in [9.17, 15) is 14.5 Å². The largest absolute Gasteiger partial charge is 0.372 e. The number of hydrogen-bond acceptors (Lipinski definition) is 6. The van der Waals surface area contributed by atoms with E-state index in [4.69, 9.17) is 11.6 Å². The minimum Gasteiger partial charge on any atom is -0.306 e. The molecule has 0 spiro atoms. The Hall–Kier alpha value is -3.30. The van der Waals surface area contributed by atoms with Crippen molar-refractivity contribution in [3.8, 4) is 0 Å². The zero-order valence-corrected chi connectivity index (χ0v) is 17.9. The van der Waals surface area contributed by atoms with Gasteiger partial charge in [0.2, 0.25) is 0 Å². The molecule has 2 aliphatic heterocycles. The van der Waals surface area contributed by atoms with Crippen molar-refractivity contribution in [2.75, 3.05) is 20.2 Å². The molecule has 156 valence electrons. The van der Waals surface area contributed by atoms with Crippen LogP contribution in [0.2, 0.25) is 5.02 Å². The third-order valence-corrected chi connectivity index (χ3v) is 6.80. The highest BCUT2D eigenvalue weighted by Gasteiger charge is 2.60. The predicted molar refractivity (Wildman–Crippen MR) is 113 cm³/mol. The lowest BCUT2D eigenvalue weighted by atomic mass is 9.90. The molecule has 2 amide bonds. The van der Waals surface area contributed by atoms with Crippen molar-refractivity contribution in [1.29, 1.82) is 0 Å². The molecule has 2 aliphatic rings. The Morgan fingerprint density at radius 1 is 1.26 bits per heavy atom. The number of fused-ring (bicyclic) bond motifs is 3. The van der Waals surface area contributed by atoms with Crippen LogP contribution in [0.1, 0.15) is 31.8 Å². The van der Waals surface area contributed by atoms with Gasteiger partial charge in [-0.15, -0.1) is 0 Å². The lowest BCUT2D eigenvalue weighted by molar-refractivity contribution is -0.734. The monoisotopic (exact) mass is 455 g/mol. The number of carbonyl (C=O) groups is 2. The van der Waals surface area contributed by atoms with Crippen LogP contribution < -0.4 is 0 Å². The Morgan fingerprint density at radius 3 is 2.77 bits per heavy atom. The summed E-state index contributed by atoms with van der Waals surface area (Å²) >= 11 is 7.22. The van der Waals surface area contributed by atoms with Crippen LogP contribution in [-0.4, -0.2) is 51.7 Å². The Morgan fingerprint density at radius 2 is 2.03 bits per heavy atom. The van der Waals surface area contributed by atoms with Gasteiger partial charge in [0, 0.05) is 53.1 Å². The molecule has 5 rings (SSSR count). The molecule has 8 nitrogen and oxygen atoms in total. The van der Waals surface area contributed by atoms with Gasteiger partial charge in [-0.05, 0) is 18.2 Å². The summed E-state index contributed by atoms with van der Waals surface area (Å²) in [4.78, 5) is 51.3. The lowest BCUT2D eigenvalue weighted by Gasteiger charge is -2.40. The number of halogens is 1. The topological polar surface area (TPSA) is 82.8 Å². The summed E-state index contributed by atoms with van der Waals surface area (Å²) in [5.74, 6) is -0.451. The number of rotatable bonds is 4. The number of amides is 2. The van der Waals surface area contributed by atoms with Gasteiger partial charge < -0.3 is 9.80 Å². The maximum absolute atomic E-state index is 13.7. The van der Waals surface area contributed by atoms with E-state index in [1.54, 1.807) is 45.8 Å². The molecule has 10 heteroatoms. The van der Waals surface area contributed by atoms with E-state index < -0.39 is 5.66 Å². The van der Waals surface area contributed by atoms with Crippen LogP contribution >= 0.6 is 22.9 Å². The van der Waals surface area contributed by atoms with Crippen molar-refractivity contribution in [3.05, 3.63) is 86.4 Å². The van der Waals surface area contributed by atoms with E-state index in [1.807, 2.05) is 12.1 Å². The fraction of sp³-hybridized carbons (Fsp3) is 0.190. The first-order chi connectivity index (χ1) is 15.0. The molecule has 2 aromatic heterocycles. The molecular formula is C21H16ClN4O4S+. The van der Waals surface area contributed by atoms with Gasteiger partial charge in [0.15, 0.2) is 12.8 Å². The highest BCUT2D eigenvalue weighted by Crippen LogP contribution is 2.50. The van der Waals surface area contributed by atoms with Crippen LogP contribution in [-0.2, 0) is 10.5 Å². The van der Waals surface area contributed by atoms with Gasteiger partial charge in [0.25, 0.3) is 16.7 Å². The highest BCUT2D eigenvalue weighted by atomic mass is 35.5. The van der Waals surface area contributed by atoms with Gasteiger partial charge in [-0.25, -0.2) is 4.84 Å². The van der Waals surface area contributed by atoms with Crippen molar-refractivity contribution in [1.82, 2.24) is 14.8 Å². The predicted octanol–water partition coefficient (Wildman–Crippen LogP) is 3.58. The normalized spacial score (nSPS) is 19.4. The van der Waals surface area contributed by atoms with E-state index in [0.29, 0.717) is 39.7 Å². The van der Waals surface area contributed by atoms with Gasteiger partial charge in [0.05, 0.1) is 16.0 Å². The molecule has 0 aliphatic carbocycles. The minimum absolute atomic E-state index is 0.154. The Balaban J connectivity index is 1.68. The van der Waals surface area contributed by atoms with Crippen LogP contribution in [0.4, 0.5) is 5.00 Å². The van der Waals surface area contributed by atoms with Crippen molar-refractivity contribution in [2.45, 2.75) is 5.66 Å². The summed E-state index contributed by atoms with van der Waals surface area (Å²) in [6.45, 7) is 0.697. The first-order valence-corrected chi connectivity index (χ1v) is 10.7. The Labute approximate surface area is 186 Å². The van der Waals surface area contributed by atoms with Gasteiger partial charge in [0.1, 0.15) is 0 Å². The lowest BCUT2D eigenvalue weighted by Crippen LogP contribution is -2.51. The van der Waals surface area contributed by atoms with Crippen LogP contribution in [0.15, 0.2) is 54.2 Å². The fourth-order valence-electron chi connectivity index (χ4n) is 4.39. The van der Waals surface area contributed by atoms with Crippen molar-refractivity contribution >= 4 is 39.8 Å². The summed E-state index contributed by atoms with van der Waals surface area (Å²) in [5.41, 5.74) is 1.10. The smallest absolute Gasteiger partial charge is 0.306 e. The molecule has 0 N–H and O–H groups in total. The van der Waals surface area contributed by atoms with E-state index in [0.717, 1.165) is 16.9 Å². The van der Waals surface area contributed by atoms with Gasteiger partial charge in [-0.3, -0.25) is 14.6 Å². The first-order valence-electron chi connectivity index (χ1n) is 9.43. The van der Waals surface area contributed by atoms with Gasteiger partial charge >= 0.3 is 5.00 Å². The molecule has 31 heavy (non-hydrogen) atoms. The summed E-state index contributed by atoms with van der Waals surface area (Å²) < 4.78 is 0. The van der Waals surface area contributed by atoms with E-state index in [-0.39, 0.29) is 16.8 Å². The number of aromatic nitrogens is 1. The van der Waals surface area contributed by atoms with Crippen LogP contribution in [0.3, 0.4) is 0 Å². The van der Waals surface area contributed by atoms with Gasteiger partial charge in [-0.2, -0.15) is 0 Å². The summed E-state index contributed by atoms with van der Waals surface area (Å²) in [7, 11) is 1.26. The van der Waals surface area contributed by atoms with E-state index >= 15 is 0 Å². The second-order valence-electron chi connectivity index (χ2n) is 7.13. The molecule has 4 heterocycles. The van der Waals surface area contributed by atoms with Crippen molar-refractivity contribution in [3.63, 3.8) is 0 Å². The first kappa shape index (κ1) is 19.7. The van der Waals surface area contributed by atoms with Crippen molar-refractivity contribution < 1.29 is 19.3 Å². The van der Waals surface area contributed by atoms with Crippen LogP contribution in [0, 0.1) is 4.91 Å². The van der Waals surface area contributed by atoms with Gasteiger partial charge in [-0.1, -0.05) is 35.1 Å². The second-order valence-corrected chi connectivity index (χ2v) is 8.45. The average Bonchev–Trinajstić information content (AvgIpc) is 3.49. The molecule has 1 unspecified atom stereocenters. The van der Waals surface area contributed by atoms with Crippen LogP contribution in [0.5, 0.6) is 0 Å². The molecule has 1 saturated heterocycles. The van der Waals surface area contributed by atoms with E-state index in [2.05, 4.69) is 9.82 Å². The highest BCUT2D eigenvalue weighted by molar-refractivity contribution is 7.13. The maximum atomic E-state index is 13.7. The number of carbonyl (C=O) groups excluding carboxylic acids is 2. The quantitative estimate of drug-likeness (QED) is 0.561. The average molecular weight is 456 g/mol. The third kappa shape index (κ3) is 2.70.